The van der Waals surface area contributed by atoms with E-state index in [0.717, 1.165) is 92.2 Å². The van der Waals surface area contributed by atoms with E-state index in [2.05, 4.69) is 55.5 Å². The number of hydrogen-bond donors (Lipinski definition) is 1. The summed E-state index contributed by atoms with van der Waals surface area (Å²) in [4.78, 5) is 16.6. The maximum absolute atomic E-state index is 13.8. The van der Waals surface area contributed by atoms with Crippen LogP contribution in [0.2, 0.25) is 0 Å². The maximum atomic E-state index is 13.8. The van der Waals surface area contributed by atoms with Gasteiger partial charge in [-0.1, -0.05) is 116 Å². The van der Waals surface area contributed by atoms with Crippen molar-refractivity contribution in [2.24, 2.45) is 17.3 Å². The molecule has 1 aliphatic rings. The first-order valence-electron chi connectivity index (χ1n) is 18.8. The predicted octanol–water partition coefficient (Wildman–Crippen LogP) is 13.6. The van der Waals surface area contributed by atoms with Gasteiger partial charge in [-0.15, -0.1) is 34.9 Å². The van der Waals surface area contributed by atoms with Gasteiger partial charge in [-0.05, 0) is 82.0 Å². The Morgan fingerprint density at radius 1 is 0.778 bits per heavy atom. The number of hydrogen-bond acceptors (Lipinski definition) is 3. The Morgan fingerprint density at radius 2 is 1.37 bits per heavy atom. The molecular formula is C47H51F3IrNO2-. The van der Waals surface area contributed by atoms with Gasteiger partial charge < -0.3 is 10.1 Å². The van der Waals surface area contributed by atoms with E-state index in [1.54, 1.807) is 0 Å². The first kappa shape index (κ1) is 42.7. The summed E-state index contributed by atoms with van der Waals surface area (Å²) < 4.78 is 41.3. The number of nitrogens with zero attached hydrogens (tertiary/aromatic N) is 1. The summed E-state index contributed by atoms with van der Waals surface area (Å²) in [7, 11) is 0. The van der Waals surface area contributed by atoms with Crippen LogP contribution in [0.5, 0.6) is 0 Å². The Hall–Kier alpha value is -4.06. The average molecular weight is 911 g/mol. The molecule has 0 aliphatic heterocycles. The molecule has 1 aliphatic carbocycles. The van der Waals surface area contributed by atoms with Crippen LogP contribution >= 0.6 is 0 Å². The molecule has 7 heteroatoms. The molecule has 0 saturated heterocycles. The molecule has 3 nitrogen and oxygen atoms in total. The summed E-state index contributed by atoms with van der Waals surface area (Å²) in [6, 6.07) is 27.9. The van der Waals surface area contributed by atoms with Crippen molar-refractivity contribution in [1.82, 2.24) is 4.98 Å². The molecule has 4 aromatic carbocycles. The van der Waals surface area contributed by atoms with Crippen LogP contribution in [0.15, 0.2) is 90.8 Å². The van der Waals surface area contributed by atoms with E-state index < -0.39 is 11.6 Å². The molecule has 1 N–H and O–H groups in total. The number of ketones is 1. The number of aromatic nitrogens is 1. The second-order valence-electron chi connectivity index (χ2n) is 15.0. The van der Waals surface area contributed by atoms with Gasteiger partial charge in [-0.25, -0.2) is 0 Å². The molecule has 54 heavy (non-hydrogen) atoms. The number of aliphatic hydroxyl groups is 1. The van der Waals surface area contributed by atoms with Crippen LogP contribution in [0.25, 0.3) is 55.4 Å². The van der Waals surface area contributed by atoms with E-state index in [4.69, 9.17) is 4.98 Å². The van der Waals surface area contributed by atoms with Gasteiger partial charge in [0.05, 0.1) is 11.2 Å². The van der Waals surface area contributed by atoms with Gasteiger partial charge in [0.25, 0.3) is 0 Å². The largest absolute Gasteiger partial charge is 0.512 e. The number of aryl methyl sites for hydroxylation is 2. The smallest absolute Gasteiger partial charge is 0.394 e. The quantitative estimate of drug-likeness (QED) is 0.0846. The van der Waals surface area contributed by atoms with Crippen molar-refractivity contribution in [3.05, 3.63) is 114 Å². The molecular weight excluding hydrogens is 860 g/mol. The van der Waals surface area contributed by atoms with Crippen molar-refractivity contribution < 1.29 is 43.2 Å². The van der Waals surface area contributed by atoms with E-state index in [1.807, 2.05) is 71.1 Å². The number of rotatable bonds is 10. The van der Waals surface area contributed by atoms with Gasteiger partial charge in [0.1, 0.15) is 0 Å². The molecule has 0 bridgehead atoms. The molecule has 1 heterocycles. The van der Waals surface area contributed by atoms with Crippen molar-refractivity contribution in [1.29, 1.82) is 0 Å². The fourth-order valence-corrected chi connectivity index (χ4v) is 7.41. The first-order chi connectivity index (χ1) is 25.1. The van der Waals surface area contributed by atoms with Crippen LogP contribution in [0, 0.1) is 37.2 Å². The monoisotopic (exact) mass is 911 g/mol. The van der Waals surface area contributed by atoms with Crippen molar-refractivity contribution >= 4 is 16.6 Å². The van der Waals surface area contributed by atoms with Gasteiger partial charge >= 0.3 is 6.18 Å². The number of aliphatic hydroxyl groups excluding tert-OH is 1. The van der Waals surface area contributed by atoms with Crippen molar-refractivity contribution in [2.45, 2.75) is 93.7 Å². The third-order valence-corrected chi connectivity index (χ3v) is 10.7. The van der Waals surface area contributed by atoms with Gasteiger partial charge in [-0.2, -0.15) is 13.2 Å². The van der Waals surface area contributed by atoms with Crippen LogP contribution in [-0.4, -0.2) is 22.1 Å². The summed E-state index contributed by atoms with van der Waals surface area (Å²) in [6.45, 7) is 14.7. The topological polar surface area (TPSA) is 50.2 Å². The zero-order valence-electron chi connectivity index (χ0n) is 32.5. The molecule has 287 valence electrons. The van der Waals surface area contributed by atoms with Crippen LogP contribution in [0.1, 0.15) is 83.9 Å². The van der Waals surface area contributed by atoms with E-state index in [-0.39, 0.29) is 49.9 Å². The molecule has 1 aromatic heterocycles. The summed E-state index contributed by atoms with van der Waals surface area (Å²) in [5.74, 6) is 0.547. The normalized spacial score (nSPS) is 12.4. The van der Waals surface area contributed by atoms with Gasteiger partial charge in [0.15, 0.2) is 5.78 Å². The van der Waals surface area contributed by atoms with E-state index in [1.165, 1.54) is 19.9 Å². The summed E-state index contributed by atoms with van der Waals surface area (Å²) in [6.07, 6.45) is 2.45. The Kier molecular flexibility index (Phi) is 13.9. The fraction of sp³-hybridized carbons (Fsp3) is 0.362. The first-order valence-corrected chi connectivity index (χ1v) is 18.8. The minimum absolute atomic E-state index is 0. The van der Waals surface area contributed by atoms with Gasteiger partial charge in [0, 0.05) is 49.8 Å². The summed E-state index contributed by atoms with van der Waals surface area (Å²) in [5.41, 5.74) is 8.83. The minimum Gasteiger partial charge on any atom is -0.512 e. The molecule has 0 spiro atoms. The number of fused-ring (bicyclic) bond motifs is 5. The number of alkyl halides is 3. The van der Waals surface area contributed by atoms with E-state index in [9.17, 15) is 23.1 Å². The van der Waals surface area contributed by atoms with Crippen LogP contribution in [0.4, 0.5) is 13.2 Å². The van der Waals surface area contributed by atoms with Crippen molar-refractivity contribution in [3.63, 3.8) is 0 Å². The number of allylic oxidation sites excluding steroid dienone is 2. The van der Waals surface area contributed by atoms with Crippen LogP contribution < -0.4 is 0 Å². The number of carbonyl (C=O) groups is 1. The maximum Gasteiger partial charge on any atom is 0.394 e. The van der Waals surface area contributed by atoms with E-state index >= 15 is 0 Å². The number of benzene rings is 4. The predicted molar refractivity (Wildman–Crippen MR) is 213 cm³/mol. The molecule has 1 radical (unpaired) electrons. The van der Waals surface area contributed by atoms with Gasteiger partial charge in [0.2, 0.25) is 0 Å². The molecule has 6 rings (SSSR count). The second-order valence-corrected chi connectivity index (χ2v) is 15.0. The third kappa shape index (κ3) is 9.07. The molecule has 0 saturated carbocycles. The average Bonchev–Trinajstić information content (AvgIpc) is 3.22. The number of pyridine rings is 1. The number of carbonyl (C=O) groups excluding carboxylic acids is 1. The number of halogens is 3. The minimum atomic E-state index is -4.29. The Balaban J connectivity index is 0.000000347. The molecule has 0 atom stereocenters. The second kappa shape index (κ2) is 17.6. The Labute approximate surface area is 332 Å². The van der Waals surface area contributed by atoms with Crippen molar-refractivity contribution in [3.8, 4) is 44.6 Å². The summed E-state index contributed by atoms with van der Waals surface area (Å²) >= 11 is 0. The Morgan fingerprint density at radius 3 is 1.94 bits per heavy atom. The molecule has 0 unspecified atom stereocenters. The molecule has 0 fully saturated rings. The van der Waals surface area contributed by atoms with Crippen LogP contribution in [0.3, 0.4) is 0 Å². The van der Waals surface area contributed by atoms with E-state index in [0.29, 0.717) is 5.56 Å². The van der Waals surface area contributed by atoms with Gasteiger partial charge in [-0.3, -0.25) is 4.79 Å². The van der Waals surface area contributed by atoms with Crippen LogP contribution in [-0.2, 0) is 31.3 Å². The SMILES string of the molecule is CCC(CC)C(=O)/C=C(\O)C(CC)CC.Cc1[c-]c(-c2cc3c(cn2)-c2cccc4cccc(c24)-c2cc(CC(C)(C)C(F)(F)F)ccc2-3)cc(C)c1.[Ir]. The zero-order chi connectivity index (χ0) is 38.7. The zero-order valence-corrected chi connectivity index (χ0v) is 34.9. The molecule has 5 aromatic rings. The Bertz CT molecular complexity index is 2120. The van der Waals surface area contributed by atoms with Crippen molar-refractivity contribution in [2.75, 3.05) is 0 Å². The third-order valence-electron chi connectivity index (χ3n) is 10.7. The standard InChI is InChI=1S/C34H27F3N.C13H24O2.Ir/c1-20-13-21(2)15-24(14-20)31-17-29-25-12-11-22(18-33(3,4)34(35,36)37)16-28(25)26-9-5-7-23-8-6-10-27(32(23)26)30(29)19-38-31;1-5-10(6-2)12(14)9-13(15)11(7-3)8-4;/h5-14,16-17,19H,18H2,1-4H3;9-11,14H,5-8H2,1-4H3;/q-1;;/b;12-9-;. The fourth-order valence-electron chi connectivity index (χ4n) is 7.41. The summed E-state index contributed by atoms with van der Waals surface area (Å²) in [5, 5.41) is 11.9. The molecule has 0 amide bonds.